The van der Waals surface area contributed by atoms with Crippen LogP contribution in [0.1, 0.15) is 54.4 Å². The molecule has 1 nitrogen and oxygen atoms in total. The zero-order chi connectivity index (χ0) is 14.6. The number of hydrogen-bond acceptors (Lipinski definition) is 1. The van der Waals surface area contributed by atoms with Gasteiger partial charge in [0.25, 0.3) is 0 Å². The molecule has 0 fully saturated rings. The van der Waals surface area contributed by atoms with E-state index < -0.39 is 8.07 Å². The first-order valence-corrected chi connectivity index (χ1v) is 10.1. The zero-order valence-electron chi connectivity index (χ0n) is 13.6. The molecule has 0 saturated carbocycles. The van der Waals surface area contributed by atoms with E-state index in [4.69, 9.17) is 5.11 Å². The maximum absolute atomic E-state index is 9.01. The lowest BCUT2D eigenvalue weighted by atomic mass is 9.99. The average Bonchev–Trinajstić information content (AvgIpc) is 2.14. The molecule has 0 aliphatic heterocycles. The Hall–Kier alpha value is -0.343. The molecular weight excluding hydrogens is 236 g/mol. The minimum atomic E-state index is -1.37. The van der Waals surface area contributed by atoms with E-state index in [9.17, 15) is 0 Å². The molecular formula is C16H32OSi. The van der Waals surface area contributed by atoms with Gasteiger partial charge in [0, 0.05) is 6.61 Å². The Morgan fingerprint density at radius 2 is 1.61 bits per heavy atom. The van der Waals surface area contributed by atoms with E-state index in [0.717, 1.165) is 12.8 Å². The van der Waals surface area contributed by atoms with Crippen LogP contribution < -0.4 is 0 Å². The molecule has 0 aromatic rings. The van der Waals surface area contributed by atoms with Crippen LogP contribution in [0.15, 0.2) is 22.4 Å². The summed E-state index contributed by atoms with van der Waals surface area (Å²) in [6.07, 6.45) is 1.86. The van der Waals surface area contributed by atoms with Gasteiger partial charge in [0.15, 0.2) is 0 Å². The molecule has 0 saturated heterocycles. The molecule has 0 rings (SSSR count). The Morgan fingerprint density at radius 3 is 1.94 bits per heavy atom. The van der Waals surface area contributed by atoms with Crippen LogP contribution in [0.3, 0.4) is 0 Å². The van der Waals surface area contributed by atoms with Crippen molar-refractivity contribution in [3.8, 4) is 0 Å². The maximum Gasteiger partial charge on any atom is 0.0773 e. The van der Waals surface area contributed by atoms with Crippen LogP contribution >= 0.6 is 0 Å². The fraction of sp³-hybridized carbons (Fsp3) is 0.750. The number of allylic oxidation sites excluding steroid dienone is 3. The SMILES string of the molecule is CC(C)=C(CCCO)/C(C)=C/[Si](C)(C)C(C)(C)C. The van der Waals surface area contributed by atoms with Gasteiger partial charge in [-0.05, 0) is 44.2 Å². The monoisotopic (exact) mass is 268 g/mol. The lowest BCUT2D eigenvalue weighted by Crippen LogP contribution is -2.35. The first-order chi connectivity index (χ1) is 8.03. The molecule has 0 unspecified atom stereocenters. The summed E-state index contributed by atoms with van der Waals surface area (Å²) < 4.78 is 0. The number of aliphatic hydroxyl groups excluding tert-OH is 1. The lowest BCUT2D eigenvalue weighted by molar-refractivity contribution is 0.288. The smallest absolute Gasteiger partial charge is 0.0773 e. The van der Waals surface area contributed by atoms with E-state index >= 15 is 0 Å². The van der Waals surface area contributed by atoms with Crippen molar-refractivity contribution >= 4 is 8.07 Å². The summed E-state index contributed by atoms with van der Waals surface area (Å²) in [7, 11) is -1.37. The highest BCUT2D eigenvalue weighted by Gasteiger charge is 2.33. The molecule has 0 bridgehead atoms. The summed E-state index contributed by atoms with van der Waals surface area (Å²) in [4.78, 5) is 0. The largest absolute Gasteiger partial charge is 0.396 e. The molecule has 0 aliphatic rings. The third-order valence-electron chi connectivity index (χ3n) is 4.17. The Balaban J connectivity index is 5.23. The van der Waals surface area contributed by atoms with E-state index in [1.165, 1.54) is 16.7 Å². The molecule has 1 N–H and O–H groups in total. The van der Waals surface area contributed by atoms with Crippen LogP contribution in [0.2, 0.25) is 18.1 Å². The number of aliphatic hydroxyl groups is 1. The van der Waals surface area contributed by atoms with E-state index in [1.807, 2.05) is 0 Å². The molecule has 106 valence electrons. The third-order valence-corrected chi connectivity index (χ3v) is 9.20. The Labute approximate surface area is 115 Å². The van der Waals surface area contributed by atoms with Crippen LogP contribution in [0.4, 0.5) is 0 Å². The molecule has 0 heterocycles. The average molecular weight is 269 g/mol. The molecule has 0 amide bonds. The Bertz CT molecular complexity index is 325. The normalized spacial score (nSPS) is 13.7. The van der Waals surface area contributed by atoms with Crippen LogP contribution in [0.25, 0.3) is 0 Å². The van der Waals surface area contributed by atoms with Gasteiger partial charge in [-0.15, -0.1) is 0 Å². The van der Waals surface area contributed by atoms with Crippen molar-refractivity contribution < 1.29 is 5.11 Å². The minimum Gasteiger partial charge on any atom is -0.396 e. The number of rotatable bonds is 5. The Morgan fingerprint density at radius 1 is 1.11 bits per heavy atom. The second-order valence-electron chi connectivity index (χ2n) is 7.10. The summed E-state index contributed by atoms with van der Waals surface area (Å²) in [5.74, 6) is 0. The highest BCUT2D eigenvalue weighted by Crippen LogP contribution is 2.38. The van der Waals surface area contributed by atoms with Crippen molar-refractivity contribution in [1.29, 1.82) is 0 Å². The second-order valence-corrected chi connectivity index (χ2v) is 12.3. The van der Waals surface area contributed by atoms with Gasteiger partial charge in [-0.25, -0.2) is 0 Å². The first-order valence-electron chi connectivity index (χ1n) is 7.00. The summed E-state index contributed by atoms with van der Waals surface area (Å²) in [5, 5.41) is 9.39. The molecule has 0 aromatic carbocycles. The summed E-state index contributed by atoms with van der Waals surface area (Å²) >= 11 is 0. The predicted molar refractivity (Wildman–Crippen MR) is 85.6 cm³/mol. The predicted octanol–water partition coefficient (Wildman–Crippen LogP) is 5.09. The van der Waals surface area contributed by atoms with Gasteiger partial charge < -0.3 is 5.11 Å². The third kappa shape index (κ3) is 5.11. The van der Waals surface area contributed by atoms with E-state index in [2.05, 4.69) is 60.3 Å². The van der Waals surface area contributed by atoms with Crippen molar-refractivity contribution in [3.63, 3.8) is 0 Å². The Kier molecular flexibility index (Phi) is 6.59. The number of hydrogen-bond donors (Lipinski definition) is 1. The van der Waals surface area contributed by atoms with Gasteiger partial charge in [-0.1, -0.05) is 50.7 Å². The zero-order valence-corrected chi connectivity index (χ0v) is 14.6. The van der Waals surface area contributed by atoms with Crippen LogP contribution in [-0.4, -0.2) is 19.8 Å². The fourth-order valence-corrected chi connectivity index (χ4v) is 3.63. The summed E-state index contributed by atoms with van der Waals surface area (Å²) in [5.41, 5.74) is 6.78. The maximum atomic E-state index is 9.01. The molecule has 0 aliphatic carbocycles. The van der Waals surface area contributed by atoms with Crippen LogP contribution in [0, 0.1) is 0 Å². The fourth-order valence-electron chi connectivity index (χ4n) is 1.94. The van der Waals surface area contributed by atoms with Crippen LogP contribution in [-0.2, 0) is 0 Å². The molecule has 0 spiro atoms. The standard InChI is InChI=1S/C16H32OSi/c1-13(2)15(10-9-11-17)14(3)12-18(7,8)16(4,5)6/h12,17H,9-11H2,1-8H3/b14-12+. The van der Waals surface area contributed by atoms with Gasteiger partial charge in [-0.3, -0.25) is 0 Å². The van der Waals surface area contributed by atoms with E-state index in [0.29, 0.717) is 5.04 Å². The van der Waals surface area contributed by atoms with Crippen LogP contribution in [0.5, 0.6) is 0 Å². The molecule has 0 radical (unpaired) electrons. The molecule has 2 heteroatoms. The minimum absolute atomic E-state index is 0.282. The van der Waals surface area contributed by atoms with E-state index in [-0.39, 0.29) is 6.61 Å². The molecule has 0 atom stereocenters. The van der Waals surface area contributed by atoms with Gasteiger partial charge in [0.1, 0.15) is 0 Å². The lowest BCUT2D eigenvalue weighted by Gasteiger charge is -2.35. The topological polar surface area (TPSA) is 20.2 Å². The molecule has 18 heavy (non-hydrogen) atoms. The van der Waals surface area contributed by atoms with Crippen molar-refractivity contribution in [2.45, 2.75) is 72.5 Å². The van der Waals surface area contributed by atoms with Crippen molar-refractivity contribution in [3.05, 3.63) is 22.4 Å². The first kappa shape index (κ1) is 17.7. The quantitative estimate of drug-likeness (QED) is 0.544. The van der Waals surface area contributed by atoms with Crippen molar-refractivity contribution in [1.82, 2.24) is 0 Å². The summed E-state index contributed by atoms with van der Waals surface area (Å²) in [6.45, 7) is 18.8. The van der Waals surface area contributed by atoms with E-state index in [1.54, 1.807) is 0 Å². The molecule has 0 aromatic heterocycles. The van der Waals surface area contributed by atoms with Gasteiger partial charge >= 0.3 is 0 Å². The second kappa shape index (κ2) is 6.72. The van der Waals surface area contributed by atoms with Gasteiger partial charge in [-0.2, -0.15) is 0 Å². The summed E-state index contributed by atoms with van der Waals surface area (Å²) in [6, 6.07) is 0. The van der Waals surface area contributed by atoms with Crippen molar-refractivity contribution in [2.24, 2.45) is 0 Å². The van der Waals surface area contributed by atoms with Crippen molar-refractivity contribution in [2.75, 3.05) is 6.61 Å². The van der Waals surface area contributed by atoms with Gasteiger partial charge in [0.05, 0.1) is 8.07 Å². The highest BCUT2D eigenvalue weighted by molar-refractivity contribution is 6.84. The highest BCUT2D eigenvalue weighted by atomic mass is 28.3. The van der Waals surface area contributed by atoms with Gasteiger partial charge in [0.2, 0.25) is 0 Å².